The van der Waals surface area contributed by atoms with Gasteiger partial charge in [0.1, 0.15) is 0 Å². The number of hydrogen-bond acceptors (Lipinski definition) is 1. The molecule has 0 saturated carbocycles. The van der Waals surface area contributed by atoms with Crippen molar-refractivity contribution in [2.45, 2.75) is 70.9 Å². The zero-order valence-electron chi connectivity index (χ0n) is 12.0. The topological polar surface area (TPSA) is 9.23 Å². The highest BCUT2D eigenvalue weighted by atomic mass is 28.3. The first-order valence-electron chi connectivity index (χ1n) is 6.31. The first-order chi connectivity index (χ1) is 7.19. The van der Waals surface area contributed by atoms with Crippen molar-refractivity contribution >= 4 is 9.04 Å². The molecular formula is C14H29OSi. The van der Waals surface area contributed by atoms with Crippen LogP contribution >= 0.6 is 0 Å². The van der Waals surface area contributed by atoms with Crippen LogP contribution in [0.3, 0.4) is 0 Å². The van der Waals surface area contributed by atoms with E-state index in [4.69, 9.17) is 4.43 Å². The van der Waals surface area contributed by atoms with Crippen LogP contribution in [0.15, 0.2) is 12.7 Å². The third kappa shape index (κ3) is 6.49. The highest BCUT2D eigenvalue weighted by Gasteiger charge is 2.39. The molecule has 0 aromatic carbocycles. The summed E-state index contributed by atoms with van der Waals surface area (Å²) in [5.41, 5.74) is 0. The molecule has 16 heavy (non-hydrogen) atoms. The van der Waals surface area contributed by atoms with E-state index in [2.05, 4.69) is 48.1 Å². The van der Waals surface area contributed by atoms with Crippen LogP contribution in [0.25, 0.3) is 0 Å². The standard InChI is InChI=1S/C14H29OSi/c1-8-9-10-11-12-15-16(13(2,3)4)14(5,6)7/h8H,1,9-12H2,2-7H3. The second kappa shape index (κ2) is 6.60. The van der Waals surface area contributed by atoms with E-state index in [1.54, 1.807) is 0 Å². The Bertz CT molecular complexity index is 184. The van der Waals surface area contributed by atoms with E-state index in [0.717, 1.165) is 19.4 Å². The molecule has 0 aliphatic rings. The molecule has 0 aliphatic heterocycles. The first kappa shape index (κ1) is 15.9. The summed E-state index contributed by atoms with van der Waals surface area (Å²) in [6.45, 7) is 18.5. The maximum absolute atomic E-state index is 6.19. The molecule has 0 atom stereocenters. The summed E-state index contributed by atoms with van der Waals surface area (Å²) in [4.78, 5) is 0. The van der Waals surface area contributed by atoms with Crippen LogP contribution in [-0.4, -0.2) is 15.6 Å². The lowest BCUT2D eigenvalue weighted by Gasteiger charge is -2.37. The van der Waals surface area contributed by atoms with Gasteiger partial charge >= 0.3 is 0 Å². The van der Waals surface area contributed by atoms with Crippen LogP contribution in [0.5, 0.6) is 0 Å². The number of unbranched alkanes of at least 4 members (excludes halogenated alkanes) is 2. The van der Waals surface area contributed by atoms with Gasteiger partial charge in [0.2, 0.25) is 9.04 Å². The minimum Gasteiger partial charge on any atom is -0.416 e. The number of rotatable bonds is 6. The molecule has 0 fully saturated rings. The molecule has 0 aromatic heterocycles. The van der Waals surface area contributed by atoms with Gasteiger partial charge in [0.05, 0.1) is 0 Å². The molecule has 1 nitrogen and oxygen atoms in total. The number of hydrogen-bond donors (Lipinski definition) is 0. The molecule has 0 unspecified atom stereocenters. The third-order valence-corrected chi connectivity index (χ3v) is 5.63. The zero-order chi connectivity index (χ0) is 12.8. The summed E-state index contributed by atoms with van der Waals surface area (Å²) in [6, 6.07) is 0. The quantitative estimate of drug-likeness (QED) is 0.363. The van der Waals surface area contributed by atoms with Gasteiger partial charge in [0.25, 0.3) is 0 Å². The van der Waals surface area contributed by atoms with Crippen molar-refractivity contribution in [1.29, 1.82) is 0 Å². The van der Waals surface area contributed by atoms with Crippen molar-refractivity contribution in [3.05, 3.63) is 12.7 Å². The van der Waals surface area contributed by atoms with Crippen LogP contribution in [-0.2, 0) is 4.43 Å². The summed E-state index contributed by atoms with van der Waals surface area (Å²) in [5.74, 6) is 0. The second-order valence-electron chi connectivity index (χ2n) is 6.46. The Morgan fingerprint density at radius 1 is 1.00 bits per heavy atom. The maximum atomic E-state index is 6.19. The first-order valence-corrected chi connectivity index (χ1v) is 7.72. The van der Waals surface area contributed by atoms with E-state index in [1.165, 1.54) is 6.42 Å². The van der Waals surface area contributed by atoms with Gasteiger partial charge in [-0.3, -0.25) is 0 Å². The molecule has 0 saturated heterocycles. The van der Waals surface area contributed by atoms with E-state index in [0.29, 0.717) is 10.1 Å². The van der Waals surface area contributed by atoms with E-state index in [9.17, 15) is 0 Å². The van der Waals surface area contributed by atoms with Crippen LogP contribution in [0.2, 0.25) is 10.1 Å². The summed E-state index contributed by atoms with van der Waals surface area (Å²) in [7, 11) is -0.789. The van der Waals surface area contributed by atoms with Crippen molar-refractivity contribution in [3.63, 3.8) is 0 Å². The Balaban J connectivity index is 4.10. The molecule has 0 aromatic rings. The number of allylic oxidation sites excluding steroid dienone is 1. The Morgan fingerprint density at radius 3 is 1.88 bits per heavy atom. The fraction of sp³-hybridized carbons (Fsp3) is 0.857. The fourth-order valence-electron chi connectivity index (χ4n) is 2.12. The third-order valence-electron chi connectivity index (χ3n) is 2.41. The van der Waals surface area contributed by atoms with Gasteiger partial charge in [-0.15, -0.1) is 6.58 Å². The van der Waals surface area contributed by atoms with Crippen molar-refractivity contribution in [1.82, 2.24) is 0 Å². The molecule has 0 bridgehead atoms. The largest absolute Gasteiger partial charge is 0.416 e. The van der Waals surface area contributed by atoms with E-state index in [1.807, 2.05) is 6.08 Å². The SMILES string of the molecule is C=CCCCCO[Si](C(C)(C)C)C(C)(C)C. The molecule has 95 valence electrons. The normalized spacial score (nSPS) is 13.2. The molecule has 0 heterocycles. The molecule has 0 spiro atoms. The smallest absolute Gasteiger partial charge is 0.222 e. The predicted octanol–water partition coefficient (Wildman–Crippen LogP) is 4.95. The lowest BCUT2D eigenvalue weighted by molar-refractivity contribution is 0.274. The van der Waals surface area contributed by atoms with E-state index >= 15 is 0 Å². The van der Waals surface area contributed by atoms with E-state index in [-0.39, 0.29) is 0 Å². The van der Waals surface area contributed by atoms with Crippen molar-refractivity contribution < 1.29 is 4.43 Å². The molecule has 0 rings (SSSR count). The highest BCUT2D eigenvalue weighted by Crippen LogP contribution is 2.42. The second-order valence-corrected chi connectivity index (χ2v) is 10.4. The molecule has 1 radical (unpaired) electrons. The predicted molar refractivity (Wildman–Crippen MR) is 75.2 cm³/mol. The van der Waals surface area contributed by atoms with Crippen LogP contribution in [0, 0.1) is 0 Å². The molecule has 0 aliphatic carbocycles. The van der Waals surface area contributed by atoms with E-state index < -0.39 is 9.04 Å². The van der Waals surface area contributed by atoms with Crippen molar-refractivity contribution in [2.75, 3.05) is 6.61 Å². The maximum Gasteiger partial charge on any atom is 0.222 e. The Hall–Kier alpha value is -0.0831. The summed E-state index contributed by atoms with van der Waals surface area (Å²) >= 11 is 0. The lowest BCUT2D eigenvalue weighted by Crippen LogP contribution is -2.38. The minimum atomic E-state index is -0.789. The van der Waals surface area contributed by atoms with Gasteiger partial charge in [0, 0.05) is 6.61 Å². The Morgan fingerprint density at radius 2 is 1.50 bits per heavy atom. The summed E-state index contributed by atoms with van der Waals surface area (Å²) < 4.78 is 6.19. The lowest BCUT2D eigenvalue weighted by atomic mass is 10.2. The van der Waals surface area contributed by atoms with Crippen LogP contribution in [0.1, 0.15) is 60.8 Å². The molecule has 0 N–H and O–H groups in total. The van der Waals surface area contributed by atoms with Gasteiger partial charge in [-0.2, -0.15) is 0 Å². The zero-order valence-corrected chi connectivity index (χ0v) is 13.0. The highest BCUT2D eigenvalue weighted by molar-refractivity contribution is 6.58. The average molecular weight is 241 g/mol. The molecule has 2 heteroatoms. The molecular weight excluding hydrogens is 212 g/mol. The van der Waals surface area contributed by atoms with Crippen molar-refractivity contribution in [2.24, 2.45) is 0 Å². The van der Waals surface area contributed by atoms with Crippen LogP contribution in [0.4, 0.5) is 0 Å². The Kier molecular flexibility index (Phi) is 6.57. The monoisotopic (exact) mass is 241 g/mol. The van der Waals surface area contributed by atoms with Gasteiger partial charge in [-0.25, -0.2) is 0 Å². The summed E-state index contributed by atoms with van der Waals surface area (Å²) in [6.07, 6.45) is 5.45. The fourth-order valence-corrected chi connectivity index (χ4v) is 5.59. The van der Waals surface area contributed by atoms with Crippen molar-refractivity contribution in [3.8, 4) is 0 Å². The van der Waals surface area contributed by atoms with Gasteiger partial charge in [0.15, 0.2) is 0 Å². The Labute approximate surface area is 104 Å². The van der Waals surface area contributed by atoms with Gasteiger partial charge < -0.3 is 4.43 Å². The van der Waals surface area contributed by atoms with Crippen LogP contribution < -0.4 is 0 Å². The average Bonchev–Trinajstić information content (AvgIpc) is 2.06. The molecule has 0 amide bonds. The minimum absolute atomic E-state index is 0.307. The summed E-state index contributed by atoms with van der Waals surface area (Å²) in [5, 5.41) is 0.614. The van der Waals surface area contributed by atoms with Gasteiger partial charge in [-0.05, 0) is 29.3 Å². The van der Waals surface area contributed by atoms with Gasteiger partial charge in [-0.1, -0.05) is 47.6 Å².